The van der Waals surface area contributed by atoms with Crippen LogP contribution >= 0.6 is 0 Å². The summed E-state index contributed by atoms with van der Waals surface area (Å²) in [5, 5.41) is 17.7. The third-order valence-corrected chi connectivity index (χ3v) is 4.83. The second-order valence-electron chi connectivity index (χ2n) is 6.40. The molecule has 0 amide bonds. The number of rotatable bonds is 5. The maximum atomic E-state index is 11.5. The van der Waals surface area contributed by atoms with Gasteiger partial charge in [0.25, 0.3) is 0 Å². The molecule has 1 N–H and O–H groups in total. The smallest absolute Gasteiger partial charge is 0.304 e. The molecule has 3 rings (SSSR count). The zero-order valence-corrected chi connectivity index (χ0v) is 14.7. The van der Waals surface area contributed by atoms with Crippen LogP contribution in [0.2, 0.25) is 0 Å². The van der Waals surface area contributed by atoms with Crippen LogP contribution in [0.5, 0.6) is 0 Å². The molecule has 1 unspecified atom stereocenters. The van der Waals surface area contributed by atoms with Gasteiger partial charge in [0.2, 0.25) is 0 Å². The molecule has 3 aromatic rings. The molecule has 1 heterocycles. The van der Waals surface area contributed by atoms with Gasteiger partial charge in [-0.25, -0.2) is 4.68 Å². The van der Waals surface area contributed by atoms with Crippen LogP contribution < -0.4 is 0 Å². The van der Waals surface area contributed by atoms with E-state index < -0.39 is 5.97 Å². The highest BCUT2D eigenvalue weighted by Gasteiger charge is 2.22. The van der Waals surface area contributed by atoms with E-state index in [4.69, 9.17) is 7.85 Å². The molecule has 0 aliphatic rings. The van der Waals surface area contributed by atoms with Crippen LogP contribution in [-0.2, 0) is 18.2 Å². The highest BCUT2D eigenvalue weighted by molar-refractivity contribution is 6.08. The van der Waals surface area contributed by atoms with Crippen LogP contribution in [0, 0.1) is 13.8 Å². The normalized spacial score (nSPS) is 12.4. The van der Waals surface area contributed by atoms with E-state index in [1.807, 2.05) is 51.2 Å². The number of hydrogen-bond donors (Lipinski definition) is 1. The van der Waals surface area contributed by atoms with Crippen molar-refractivity contribution in [3.8, 4) is 0 Å². The monoisotopic (exact) mass is 333 g/mol. The van der Waals surface area contributed by atoms with E-state index in [0.29, 0.717) is 6.32 Å². The number of carboxylic acids is 1. The van der Waals surface area contributed by atoms with Crippen LogP contribution in [0.15, 0.2) is 30.3 Å². The summed E-state index contributed by atoms with van der Waals surface area (Å²) < 4.78 is 1.72. The van der Waals surface area contributed by atoms with Crippen LogP contribution in [0.25, 0.3) is 11.0 Å². The Morgan fingerprint density at radius 1 is 1.28 bits per heavy atom. The van der Waals surface area contributed by atoms with Gasteiger partial charge in [-0.2, -0.15) is 0 Å². The number of fused-ring (bicyclic) bond motifs is 1. The fourth-order valence-electron chi connectivity index (χ4n) is 3.34. The molecule has 5 nitrogen and oxygen atoms in total. The number of aliphatic carboxylic acids is 1. The molecule has 1 aromatic heterocycles. The number of aryl methyl sites for hydroxylation is 3. The topological polar surface area (TPSA) is 68.0 Å². The molecule has 0 saturated carbocycles. The fraction of sp³-hybridized carbons (Fsp3) is 0.316. The fourth-order valence-corrected chi connectivity index (χ4v) is 3.34. The summed E-state index contributed by atoms with van der Waals surface area (Å²) in [4.78, 5) is 11.5. The molecule has 0 saturated heterocycles. The van der Waals surface area contributed by atoms with E-state index in [-0.39, 0.29) is 12.3 Å². The highest BCUT2D eigenvalue weighted by Crippen LogP contribution is 2.34. The minimum absolute atomic E-state index is 0.0136. The van der Waals surface area contributed by atoms with Gasteiger partial charge in [0.05, 0.1) is 19.8 Å². The predicted molar refractivity (Wildman–Crippen MR) is 98.0 cm³/mol. The van der Waals surface area contributed by atoms with E-state index in [1.54, 1.807) is 4.68 Å². The number of benzene rings is 2. The van der Waals surface area contributed by atoms with Crippen molar-refractivity contribution in [3.05, 3.63) is 58.1 Å². The van der Waals surface area contributed by atoms with Gasteiger partial charge in [0.15, 0.2) is 0 Å². The van der Waals surface area contributed by atoms with Crippen LogP contribution in [-0.4, -0.2) is 33.9 Å². The van der Waals surface area contributed by atoms with E-state index in [2.05, 4.69) is 10.3 Å². The Hall–Kier alpha value is -2.63. The lowest BCUT2D eigenvalue weighted by atomic mass is 9.83. The molecule has 2 radical (unpaired) electrons. The molecular weight excluding hydrogens is 313 g/mol. The molecule has 0 spiro atoms. The Morgan fingerprint density at radius 3 is 2.72 bits per heavy atom. The van der Waals surface area contributed by atoms with Crippen molar-refractivity contribution in [1.82, 2.24) is 15.0 Å². The lowest BCUT2D eigenvalue weighted by Crippen LogP contribution is -2.10. The lowest BCUT2D eigenvalue weighted by Gasteiger charge is -2.20. The zero-order chi connectivity index (χ0) is 18.1. The van der Waals surface area contributed by atoms with Crippen molar-refractivity contribution in [1.29, 1.82) is 0 Å². The van der Waals surface area contributed by atoms with Crippen molar-refractivity contribution < 1.29 is 9.90 Å². The summed E-state index contributed by atoms with van der Waals surface area (Å²) >= 11 is 0. The number of carboxylic acid groups (broad SMARTS) is 1. The first-order valence-corrected chi connectivity index (χ1v) is 8.22. The lowest BCUT2D eigenvalue weighted by molar-refractivity contribution is -0.137. The highest BCUT2D eigenvalue weighted by atomic mass is 16.4. The van der Waals surface area contributed by atoms with Crippen molar-refractivity contribution in [2.45, 2.75) is 32.5 Å². The Morgan fingerprint density at radius 2 is 2.04 bits per heavy atom. The minimum atomic E-state index is -0.835. The summed E-state index contributed by atoms with van der Waals surface area (Å²) in [6.45, 7) is 3.98. The molecule has 126 valence electrons. The van der Waals surface area contributed by atoms with Crippen LogP contribution in [0.1, 0.15) is 40.2 Å². The number of aromatic nitrogens is 3. The molecule has 0 aliphatic heterocycles. The Kier molecular flexibility index (Phi) is 4.62. The predicted octanol–water partition coefficient (Wildman–Crippen LogP) is 2.86. The van der Waals surface area contributed by atoms with Crippen molar-refractivity contribution >= 4 is 24.8 Å². The Bertz CT molecular complexity index is 949. The summed E-state index contributed by atoms with van der Waals surface area (Å²) in [5.41, 5.74) is 6.77. The molecule has 0 bridgehead atoms. The third-order valence-electron chi connectivity index (χ3n) is 4.83. The Labute approximate surface area is 148 Å². The minimum Gasteiger partial charge on any atom is -0.481 e. The van der Waals surface area contributed by atoms with E-state index in [0.717, 1.165) is 38.9 Å². The van der Waals surface area contributed by atoms with E-state index in [1.165, 1.54) is 0 Å². The van der Waals surface area contributed by atoms with E-state index in [9.17, 15) is 9.90 Å². The Balaban J connectivity index is 2.16. The molecule has 6 heteroatoms. The van der Waals surface area contributed by atoms with Gasteiger partial charge in [-0.3, -0.25) is 4.79 Å². The third kappa shape index (κ3) is 3.16. The average molecular weight is 333 g/mol. The molecular formula is C19H20BN3O2. The van der Waals surface area contributed by atoms with Crippen LogP contribution in [0.4, 0.5) is 0 Å². The second-order valence-corrected chi connectivity index (χ2v) is 6.40. The van der Waals surface area contributed by atoms with Gasteiger partial charge in [0.1, 0.15) is 5.52 Å². The summed E-state index contributed by atoms with van der Waals surface area (Å²) in [5.74, 6) is -1.09. The number of hydrogen-bond acceptors (Lipinski definition) is 3. The van der Waals surface area contributed by atoms with Crippen molar-refractivity contribution in [2.75, 3.05) is 0 Å². The molecule has 0 aliphatic carbocycles. The standard InChI is InChI=1S/C19H20BN3O2/c1-11-4-5-13(8-14(11)10-20)16(9-18(24)25)15-6-7-17-19(12(15)2)21-22-23(17)3/h4-8,16H,9-10H2,1-3H3,(H,24,25). The maximum absolute atomic E-state index is 11.5. The molecule has 0 fully saturated rings. The quantitative estimate of drug-likeness (QED) is 0.729. The summed E-state index contributed by atoms with van der Waals surface area (Å²) in [7, 11) is 7.67. The molecule has 2 aromatic carbocycles. The SMILES string of the molecule is [B]Cc1cc(C(CC(=O)O)c2ccc3c(nnn3C)c2C)ccc1C. The molecule has 25 heavy (non-hydrogen) atoms. The average Bonchev–Trinajstić information content (AvgIpc) is 2.96. The van der Waals surface area contributed by atoms with Gasteiger partial charge < -0.3 is 5.11 Å². The zero-order valence-electron chi connectivity index (χ0n) is 14.7. The van der Waals surface area contributed by atoms with Crippen molar-refractivity contribution in [2.24, 2.45) is 7.05 Å². The number of nitrogens with zero attached hydrogens (tertiary/aromatic N) is 3. The van der Waals surface area contributed by atoms with Gasteiger partial charge in [0, 0.05) is 13.0 Å². The van der Waals surface area contributed by atoms with Crippen LogP contribution in [0.3, 0.4) is 0 Å². The first kappa shape index (κ1) is 17.2. The largest absolute Gasteiger partial charge is 0.481 e. The molecule has 1 atom stereocenters. The first-order valence-electron chi connectivity index (χ1n) is 8.22. The summed E-state index contributed by atoms with van der Waals surface area (Å²) in [6.07, 6.45) is 0.446. The van der Waals surface area contributed by atoms with E-state index >= 15 is 0 Å². The first-order chi connectivity index (χ1) is 11.9. The maximum Gasteiger partial charge on any atom is 0.304 e. The van der Waals surface area contributed by atoms with Gasteiger partial charge >= 0.3 is 5.97 Å². The summed E-state index contributed by atoms with van der Waals surface area (Å²) in [6, 6.07) is 9.94. The van der Waals surface area contributed by atoms with Gasteiger partial charge in [-0.1, -0.05) is 41.4 Å². The number of carbonyl (C=O) groups is 1. The second kappa shape index (κ2) is 6.71. The van der Waals surface area contributed by atoms with Gasteiger partial charge in [-0.05, 0) is 42.2 Å². The van der Waals surface area contributed by atoms with Gasteiger partial charge in [-0.15, -0.1) is 5.10 Å². The van der Waals surface area contributed by atoms with Crippen molar-refractivity contribution in [3.63, 3.8) is 0 Å².